The average Bonchev–Trinajstić information content (AvgIpc) is 3.36. The highest BCUT2D eigenvalue weighted by Gasteiger charge is 2.33. The summed E-state index contributed by atoms with van der Waals surface area (Å²) in [4.78, 5) is 8.70. The van der Waals surface area contributed by atoms with E-state index in [0.717, 1.165) is 33.9 Å². The standard InChI is InChI=1S/C28H20F3N3O/c1-15-13-16(2)24(17(3)14-15)34-22-10-5-4-9-21(22)32-26(34)20-8-6-7-18-19-11-12-23(28(29,30)31)33-27(19)35-25(18)20/h4-14H,1-3H3. The van der Waals surface area contributed by atoms with Crippen LogP contribution in [0.4, 0.5) is 13.2 Å². The zero-order valence-corrected chi connectivity index (χ0v) is 19.2. The summed E-state index contributed by atoms with van der Waals surface area (Å²) in [6, 6.07) is 20.1. The summed E-state index contributed by atoms with van der Waals surface area (Å²) in [7, 11) is 0. The number of benzene rings is 3. The minimum Gasteiger partial charge on any atom is -0.437 e. The molecule has 3 aromatic heterocycles. The van der Waals surface area contributed by atoms with Crippen molar-refractivity contribution in [2.45, 2.75) is 26.9 Å². The molecule has 0 unspecified atom stereocenters. The van der Waals surface area contributed by atoms with Crippen LogP contribution in [0.25, 0.3) is 50.2 Å². The molecule has 7 heteroatoms. The van der Waals surface area contributed by atoms with E-state index in [2.05, 4.69) is 42.5 Å². The van der Waals surface area contributed by atoms with Crippen molar-refractivity contribution in [2.75, 3.05) is 0 Å². The van der Waals surface area contributed by atoms with Gasteiger partial charge in [0.1, 0.15) is 17.1 Å². The van der Waals surface area contributed by atoms with Gasteiger partial charge in [-0.25, -0.2) is 9.97 Å². The minimum absolute atomic E-state index is 0.0485. The molecule has 0 saturated heterocycles. The van der Waals surface area contributed by atoms with Crippen LogP contribution in [0.2, 0.25) is 0 Å². The smallest absolute Gasteiger partial charge is 0.433 e. The van der Waals surface area contributed by atoms with Crippen molar-refractivity contribution < 1.29 is 17.6 Å². The number of para-hydroxylation sites is 3. The van der Waals surface area contributed by atoms with Crippen LogP contribution in [0.15, 0.2) is 71.1 Å². The number of alkyl halides is 3. The van der Waals surface area contributed by atoms with Gasteiger partial charge in [-0.15, -0.1) is 0 Å². The second kappa shape index (κ2) is 7.43. The van der Waals surface area contributed by atoms with Gasteiger partial charge in [0.05, 0.1) is 22.3 Å². The third-order valence-electron chi connectivity index (χ3n) is 6.32. The molecule has 0 atom stereocenters. The largest absolute Gasteiger partial charge is 0.437 e. The maximum absolute atomic E-state index is 13.3. The van der Waals surface area contributed by atoms with E-state index in [1.807, 2.05) is 42.5 Å². The Hall–Kier alpha value is -4.13. The van der Waals surface area contributed by atoms with E-state index in [1.54, 1.807) is 0 Å². The van der Waals surface area contributed by atoms with E-state index < -0.39 is 11.9 Å². The number of pyridine rings is 1. The molecular formula is C28H20F3N3O. The fourth-order valence-electron chi connectivity index (χ4n) is 4.97. The molecule has 0 saturated carbocycles. The van der Waals surface area contributed by atoms with Crippen LogP contribution in [-0.2, 0) is 6.18 Å². The summed E-state index contributed by atoms with van der Waals surface area (Å²) in [6.07, 6.45) is -4.55. The van der Waals surface area contributed by atoms with Gasteiger partial charge < -0.3 is 4.42 Å². The van der Waals surface area contributed by atoms with Gasteiger partial charge in [-0.05, 0) is 62.2 Å². The van der Waals surface area contributed by atoms with Gasteiger partial charge in [-0.2, -0.15) is 13.2 Å². The Morgan fingerprint density at radius 1 is 0.800 bits per heavy atom. The van der Waals surface area contributed by atoms with E-state index in [4.69, 9.17) is 9.40 Å². The lowest BCUT2D eigenvalue weighted by atomic mass is 10.0. The number of aryl methyl sites for hydroxylation is 3. The van der Waals surface area contributed by atoms with Crippen LogP contribution in [0, 0.1) is 20.8 Å². The maximum atomic E-state index is 13.3. The second-order valence-corrected chi connectivity index (χ2v) is 8.84. The maximum Gasteiger partial charge on any atom is 0.433 e. The Kier molecular flexibility index (Phi) is 4.55. The summed E-state index contributed by atoms with van der Waals surface area (Å²) < 4.78 is 47.9. The van der Waals surface area contributed by atoms with Crippen LogP contribution in [0.3, 0.4) is 0 Å². The monoisotopic (exact) mass is 471 g/mol. The van der Waals surface area contributed by atoms with Gasteiger partial charge in [0.2, 0.25) is 5.71 Å². The van der Waals surface area contributed by atoms with Crippen molar-refractivity contribution >= 4 is 33.1 Å². The Morgan fingerprint density at radius 3 is 2.29 bits per heavy atom. The highest BCUT2D eigenvalue weighted by Crippen LogP contribution is 2.39. The van der Waals surface area contributed by atoms with E-state index in [9.17, 15) is 13.2 Å². The van der Waals surface area contributed by atoms with Crippen LogP contribution < -0.4 is 0 Å². The Bertz CT molecular complexity index is 1750. The number of nitrogens with zero attached hydrogens (tertiary/aromatic N) is 3. The first kappa shape index (κ1) is 21.4. The quantitative estimate of drug-likeness (QED) is 0.258. The van der Waals surface area contributed by atoms with Crippen LogP contribution in [-0.4, -0.2) is 14.5 Å². The van der Waals surface area contributed by atoms with Crippen molar-refractivity contribution in [3.63, 3.8) is 0 Å². The predicted molar refractivity (Wildman–Crippen MR) is 131 cm³/mol. The van der Waals surface area contributed by atoms with Crippen molar-refractivity contribution in [1.82, 2.24) is 14.5 Å². The van der Waals surface area contributed by atoms with Gasteiger partial charge in [0.25, 0.3) is 0 Å². The van der Waals surface area contributed by atoms with E-state index in [0.29, 0.717) is 27.7 Å². The van der Waals surface area contributed by atoms with Gasteiger partial charge in [0, 0.05) is 10.8 Å². The molecule has 3 aromatic carbocycles. The Morgan fingerprint density at radius 2 is 1.54 bits per heavy atom. The summed E-state index contributed by atoms with van der Waals surface area (Å²) >= 11 is 0. The molecule has 0 aliphatic heterocycles. The zero-order chi connectivity index (χ0) is 24.5. The highest BCUT2D eigenvalue weighted by atomic mass is 19.4. The molecule has 6 aromatic rings. The van der Waals surface area contributed by atoms with Crippen LogP contribution in [0.1, 0.15) is 22.4 Å². The summed E-state index contributed by atoms with van der Waals surface area (Å²) in [5, 5.41) is 1.22. The number of furan rings is 1. The van der Waals surface area contributed by atoms with Gasteiger partial charge in [0.15, 0.2) is 0 Å². The van der Waals surface area contributed by atoms with Crippen molar-refractivity contribution in [3.8, 4) is 17.1 Å². The fourth-order valence-corrected chi connectivity index (χ4v) is 4.97. The normalized spacial score (nSPS) is 12.3. The molecule has 4 nitrogen and oxygen atoms in total. The number of imidazole rings is 1. The van der Waals surface area contributed by atoms with Crippen LogP contribution >= 0.6 is 0 Å². The molecule has 0 spiro atoms. The van der Waals surface area contributed by atoms with E-state index in [1.165, 1.54) is 11.6 Å². The first-order chi connectivity index (χ1) is 16.7. The lowest BCUT2D eigenvalue weighted by Gasteiger charge is -2.16. The number of halogens is 3. The van der Waals surface area contributed by atoms with Crippen molar-refractivity contribution in [1.29, 1.82) is 0 Å². The summed E-state index contributed by atoms with van der Waals surface area (Å²) in [5.41, 5.74) is 6.23. The number of hydrogen-bond donors (Lipinski definition) is 0. The first-order valence-corrected chi connectivity index (χ1v) is 11.2. The molecule has 35 heavy (non-hydrogen) atoms. The number of aromatic nitrogens is 3. The first-order valence-electron chi connectivity index (χ1n) is 11.2. The Labute approximate surface area is 198 Å². The fraction of sp³-hybridized carbons (Fsp3) is 0.143. The molecule has 0 N–H and O–H groups in total. The number of hydrogen-bond acceptors (Lipinski definition) is 3. The molecule has 0 fully saturated rings. The Balaban J connectivity index is 1.70. The van der Waals surface area contributed by atoms with Crippen molar-refractivity contribution in [2.24, 2.45) is 0 Å². The third-order valence-corrected chi connectivity index (χ3v) is 6.32. The van der Waals surface area contributed by atoms with Crippen molar-refractivity contribution in [3.05, 3.63) is 89.1 Å². The number of fused-ring (bicyclic) bond motifs is 4. The minimum atomic E-state index is -4.55. The molecule has 3 heterocycles. The summed E-state index contributed by atoms with van der Waals surface area (Å²) in [6.45, 7) is 6.20. The van der Waals surface area contributed by atoms with Gasteiger partial charge >= 0.3 is 6.18 Å². The summed E-state index contributed by atoms with van der Waals surface area (Å²) in [5.74, 6) is 0.655. The van der Waals surface area contributed by atoms with Crippen LogP contribution in [0.5, 0.6) is 0 Å². The lowest BCUT2D eigenvalue weighted by molar-refractivity contribution is -0.141. The predicted octanol–water partition coefficient (Wildman–Crippen LogP) is 7.93. The molecule has 6 rings (SSSR count). The molecule has 174 valence electrons. The molecule has 0 bridgehead atoms. The van der Waals surface area contributed by atoms with Gasteiger partial charge in [-0.1, -0.05) is 42.0 Å². The molecule has 0 radical (unpaired) electrons. The average molecular weight is 471 g/mol. The molecular weight excluding hydrogens is 451 g/mol. The molecule has 0 aliphatic carbocycles. The SMILES string of the molecule is Cc1cc(C)c(-n2c(-c3cccc4c3oc3nc(C(F)(F)F)ccc34)nc3ccccc32)c(C)c1. The molecule has 0 amide bonds. The zero-order valence-electron chi connectivity index (χ0n) is 19.2. The lowest BCUT2D eigenvalue weighted by Crippen LogP contribution is -2.07. The highest BCUT2D eigenvalue weighted by molar-refractivity contribution is 6.08. The topological polar surface area (TPSA) is 43.9 Å². The number of rotatable bonds is 2. The van der Waals surface area contributed by atoms with Gasteiger partial charge in [-0.3, -0.25) is 4.57 Å². The van der Waals surface area contributed by atoms with E-state index >= 15 is 0 Å². The molecule has 0 aliphatic rings. The third kappa shape index (κ3) is 3.30. The second-order valence-electron chi connectivity index (χ2n) is 8.84. The van der Waals surface area contributed by atoms with E-state index in [-0.39, 0.29) is 5.71 Å².